The number of aryl methyl sites for hydroxylation is 1. The van der Waals surface area contributed by atoms with Crippen LogP contribution in [-0.4, -0.2) is 83.7 Å². The Labute approximate surface area is 197 Å². The number of benzene rings is 2. The van der Waals surface area contributed by atoms with E-state index in [0.29, 0.717) is 11.3 Å². The van der Waals surface area contributed by atoms with Crippen molar-refractivity contribution in [3.05, 3.63) is 53.6 Å². The molecule has 0 saturated carbocycles. The largest absolute Gasteiger partial charge is 0.384 e. The first-order chi connectivity index (χ1) is 15.6. The van der Waals surface area contributed by atoms with Crippen molar-refractivity contribution in [2.24, 2.45) is 0 Å². The molecule has 2 aromatic carbocycles. The minimum Gasteiger partial charge on any atom is -0.384 e. The molecule has 0 unspecified atom stereocenters. The van der Waals surface area contributed by atoms with E-state index in [1.807, 2.05) is 43.3 Å². The predicted molar refractivity (Wildman–Crippen MR) is 136 cm³/mol. The Hall–Kier alpha value is -2.78. The second-order valence-electron chi connectivity index (χ2n) is 8.75. The number of carbonyl (C=O) groups is 1. The molecule has 180 valence electrons. The number of piperazine rings is 1. The number of carbonyl (C=O) groups excluding carboxylic acids is 1. The van der Waals surface area contributed by atoms with Gasteiger partial charge in [-0.2, -0.15) is 0 Å². The molecule has 0 spiro atoms. The van der Waals surface area contributed by atoms with Crippen LogP contribution >= 0.6 is 0 Å². The number of anilines is 3. The second-order valence-corrected chi connectivity index (χ2v) is 10.5. The van der Waals surface area contributed by atoms with E-state index in [1.54, 1.807) is 25.1 Å². The SMILES string of the molecule is Cc1ccc(NCCCN2CCN(c3ccccc3NS(C)(=O)=O)CC2)c(C(=O)N(C)C)c1. The number of hydrogen-bond donors (Lipinski definition) is 2. The van der Waals surface area contributed by atoms with Crippen molar-refractivity contribution in [3.63, 3.8) is 0 Å². The van der Waals surface area contributed by atoms with Gasteiger partial charge in [0, 0.05) is 52.5 Å². The molecule has 8 nitrogen and oxygen atoms in total. The lowest BCUT2D eigenvalue weighted by Gasteiger charge is -2.37. The lowest BCUT2D eigenvalue weighted by Crippen LogP contribution is -2.47. The van der Waals surface area contributed by atoms with Crippen LogP contribution in [0.1, 0.15) is 22.3 Å². The van der Waals surface area contributed by atoms with E-state index in [-0.39, 0.29) is 5.91 Å². The number of hydrogen-bond acceptors (Lipinski definition) is 6. The maximum atomic E-state index is 12.5. The monoisotopic (exact) mass is 473 g/mol. The molecule has 3 rings (SSSR count). The molecule has 0 aromatic heterocycles. The molecule has 1 amide bonds. The first-order valence-corrected chi connectivity index (χ1v) is 13.1. The Bertz CT molecular complexity index is 1060. The van der Waals surface area contributed by atoms with Gasteiger partial charge in [-0.05, 0) is 44.2 Å². The molecule has 0 bridgehead atoms. The summed E-state index contributed by atoms with van der Waals surface area (Å²) in [5.74, 6) is 0.00275. The highest BCUT2D eigenvalue weighted by Gasteiger charge is 2.20. The van der Waals surface area contributed by atoms with Crippen LogP contribution in [0.25, 0.3) is 0 Å². The summed E-state index contributed by atoms with van der Waals surface area (Å²) in [7, 11) is 0.215. The molecule has 1 saturated heterocycles. The number of para-hydroxylation sites is 2. The fraction of sp³-hybridized carbons (Fsp3) is 0.458. The fourth-order valence-electron chi connectivity index (χ4n) is 4.00. The number of nitrogens with one attached hydrogen (secondary N) is 2. The van der Waals surface area contributed by atoms with Gasteiger partial charge in [0.1, 0.15) is 0 Å². The summed E-state index contributed by atoms with van der Waals surface area (Å²) in [4.78, 5) is 18.7. The second kappa shape index (κ2) is 10.9. The highest BCUT2D eigenvalue weighted by molar-refractivity contribution is 7.92. The van der Waals surface area contributed by atoms with Crippen molar-refractivity contribution in [1.29, 1.82) is 0 Å². The molecule has 33 heavy (non-hydrogen) atoms. The van der Waals surface area contributed by atoms with Crippen molar-refractivity contribution < 1.29 is 13.2 Å². The molecule has 0 atom stereocenters. The van der Waals surface area contributed by atoms with E-state index >= 15 is 0 Å². The third kappa shape index (κ3) is 7.10. The van der Waals surface area contributed by atoms with Gasteiger partial charge in [0.25, 0.3) is 5.91 Å². The summed E-state index contributed by atoms with van der Waals surface area (Å²) in [6.07, 6.45) is 2.14. The zero-order valence-corrected chi connectivity index (χ0v) is 20.8. The van der Waals surface area contributed by atoms with Crippen LogP contribution in [-0.2, 0) is 10.0 Å². The van der Waals surface area contributed by atoms with Crippen molar-refractivity contribution in [3.8, 4) is 0 Å². The highest BCUT2D eigenvalue weighted by Crippen LogP contribution is 2.27. The van der Waals surface area contributed by atoms with Gasteiger partial charge in [-0.1, -0.05) is 23.8 Å². The molecule has 1 fully saturated rings. The fourth-order valence-corrected chi connectivity index (χ4v) is 4.58. The molecule has 2 aromatic rings. The van der Waals surface area contributed by atoms with E-state index in [9.17, 15) is 13.2 Å². The van der Waals surface area contributed by atoms with Crippen LogP contribution in [0.2, 0.25) is 0 Å². The zero-order valence-electron chi connectivity index (χ0n) is 20.0. The van der Waals surface area contributed by atoms with Crippen LogP contribution < -0.4 is 14.9 Å². The number of nitrogens with zero attached hydrogens (tertiary/aromatic N) is 3. The summed E-state index contributed by atoms with van der Waals surface area (Å²) in [5, 5.41) is 3.43. The van der Waals surface area contributed by atoms with E-state index in [0.717, 1.165) is 62.6 Å². The van der Waals surface area contributed by atoms with Crippen molar-refractivity contribution in [1.82, 2.24) is 9.80 Å². The molecular formula is C24H35N5O3S. The van der Waals surface area contributed by atoms with Crippen LogP contribution in [0.3, 0.4) is 0 Å². The maximum Gasteiger partial charge on any atom is 0.255 e. The van der Waals surface area contributed by atoms with Gasteiger partial charge in [-0.15, -0.1) is 0 Å². The Morgan fingerprint density at radius 3 is 2.39 bits per heavy atom. The third-order valence-electron chi connectivity index (χ3n) is 5.69. The van der Waals surface area contributed by atoms with E-state index in [1.165, 1.54) is 6.26 Å². The van der Waals surface area contributed by atoms with Gasteiger partial charge in [0.15, 0.2) is 0 Å². The quantitative estimate of drug-likeness (QED) is 0.545. The zero-order chi connectivity index (χ0) is 24.0. The van der Waals surface area contributed by atoms with Gasteiger partial charge in [-0.25, -0.2) is 8.42 Å². The molecule has 1 heterocycles. The van der Waals surface area contributed by atoms with Crippen molar-refractivity contribution in [2.45, 2.75) is 13.3 Å². The van der Waals surface area contributed by atoms with E-state index in [4.69, 9.17) is 0 Å². The summed E-state index contributed by atoms with van der Waals surface area (Å²) >= 11 is 0. The van der Waals surface area contributed by atoms with Crippen molar-refractivity contribution in [2.75, 3.05) is 74.6 Å². The van der Waals surface area contributed by atoms with Crippen molar-refractivity contribution >= 4 is 33.0 Å². The van der Waals surface area contributed by atoms with Gasteiger partial charge >= 0.3 is 0 Å². The minimum absolute atomic E-state index is 0.00275. The number of rotatable bonds is 9. The molecule has 1 aliphatic heterocycles. The maximum absolute atomic E-state index is 12.5. The molecular weight excluding hydrogens is 438 g/mol. The summed E-state index contributed by atoms with van der Waals surface area (Å²) in [5.41, 5.74) is 4.19. The molecule has 0 aliphatic carbocycles. The van der Waals surface area contributed by atoms with E-state index < -0.39 is 10.0 Å². The lowest BCUT2D eigenvalue weighted by molar-refractivity contribution is 0.0828. The normalized spacial score (nSPS) is 14.7. The van der Waals surface area contributed by atoms with Crippen LogP contribution in [0.5, 0.6) is 0 Å². The number of sulfonamides is 1. The standard InChI is InChI=1S/C24H35N5O3S/c1-19-10-11-21(20(18-19)24(30)27(2)3)25-12-7-13-28-14-16-29(17-15-28)23-9-6-5-8-22(23)26-33(4,31)32/h5-6,8-11,18,25-26H,7,12-17H2,1-4H3. The molecule has 2 N–H and O–H groups in total. The smallest absolute Gasteiger partial charge is 0.255 e. The average Bonchev–Trinajstić information content (AvgIpc) is 2.76. The first-order valence-electron chi connectivity index (χ1n) is 11.2. The van der Waals surface area contributed by atoms with Crippen LogP contribution in [0, 0.1) is 6.92 Å². The Morgan fingerprint density at radius 2 is 1.73 bits per heavy atom. The molecule has 1 aliphatic rings. The third-order valence-corrected chi connectivity index (χ3v) is 6.28. The first kappa shape index (κ1) is 24.9. The Morgan fingerprint density at radius 1 is 1.03 bits per heavy atom. The van der Waals surface area contributed by atoms with E-state index in [2.05, 4.69) is 19.8 Å². The molecule has 9 heteroatoms. The Kier molecular flexibility index (Phi) is 8.20. The number of amides is 1. The average molecular weight is 474 g/mol. The highest BCUT2D eigenvalue weighted by atomic mass is 32.2. The summed E-state index contributed by atoms with van der Waals surface area (Å²) < 4.78 is 26.0. The Balaban J connectivity index is 1.49. The molecule has 0 radical (unpaired) electrons. The predicted octanol–water partition coefficient (Wildman–Crippen LogP) is 2.69. The van der Waals surface area contributed by atoms with Gasteiger partial charge in [0.2, 0.25) is 10.0 Å². The summed E-state index contributed by atoms with van der Waals surface area (Å²) in [6, 6.07) is 13.5. The van der Waals surface area contributed by atoms with Gasteiger partial charge in [-0.3, -0.25) is 14.4 Å². The summed E-state index contributed by atoms with van der Waals surface area (Å²) in [6.45, 7) is 7.27. The van der Waals surface area contributed by atoms with Gasteiger partial charge in [0.05, 0.1) is 23.2 Å². The topological polar surface area (TPSA) is 85.0 Å². The van der Waals surface area contributed by atoms with Gasteiger partial charge < -0.3 is 15.1 Å². The lowest BCUT2D eigenvalue weighted by atomic mass is 10.1. The van der Waals surface area contributed by atoms with Crippen LogP contribution in [0.15, 0.2) is 42.5 Å². The van der Waals surface area contributed by atoms with Crippen LogP contribution in [0.4, 0.5) is 17.1 Å². The minimum atomic E-state index is -3.32.